The van der Waals surface area contributed by atoms with Crippen LogP contribution in [0.25, 0.3) is 5.76 Å². The number of benzene rings is 2. The van der Waals surface area contributed by atoms with Gasteiger partial charge in [0.2, 0.25) is 0 Å². The molecule has 2 aromatic rings. The Kier molecular flexibility index (Phi) is 6.81. The Morgan fingerprint density at radius 2 is 1.90 bits per heavy atom. The number of carbonyl (C=O) groups excluding carboxylic acids is 1. The van der Waals surface area contributed by atoms with Gasteiger partial charge in [0.25, 0.3) is 5.91 Å². The van der Waals surface area contributed by atoms with Crippen molar-refractivity contribution in [2.24, 2.45) is 11.0 Å². The van der Waals surface area contributed by atoms with E-state index in [2.05, 4.69) is 17.5 Å². The molecule has 1 aliphatic rings. The first-order chi connectivity index (χ1) is 14.0. The van der Waals surface area contributed by atoms with Crippen molar-refractivity contribution >= 4 is 17.9 Å². The van der Waals surface area contributed by atoms with Crippen LogP contribution in [0.15, 0.2) is 59.2 Å². The number of amides is 1. The Hall–Kier alpha value is -2.95. The monoisotopic (exact) mass is 394 g/mol. The number of nitrogens with one attached hydrogen (secondary N) is 1. The standard InChI is InChI=1S/C24H27FN2O2/c1-3-4-5-11-18-16(2)22(23(28)20-13-8-7-12-19(18)20)24(29)27-26-15-17-10-6-9-14-21(17)25/h6-10,12-16,18,28H,3-5,11H2,1-2H3,(H,27,29)/b26-15-/t16-,18-/m1/s1. The lowest BCUT2D eigenvalue weighted by molar-refractivity contribution is -0.118. The summed E-state index contributed by atoms with van der Waals surface area (Å²) in [4.78, 5) is 12.8. The van der Waals surface area contributed by atoms with Gasteiger partial charge in [0.1, 0.15) is 11.6 Å². The van der Waals surface area contributed by atoms with Gasteiger partial charge in [-0.05, 0) is 29.9 Å². The van der Waals surface area contributed by atoms with E-state index in [1.54, 1.807) is 18.2 Å². The zero-order chi connectivity index (χ0) is 20.8. The minimum atomic E-state index is -0.461. The molecule has 2 aromatic carbocycles. The third-order valence-corrected chi connectivity index (χ3v) is 5.57. The first-order valence-corrected chi connectivity index (χ1v) is 10.1. The first kappa shape index (κ1) is 20.8. The average Bonchev–Trinajstić information content (AvgIpc) is 2.72. The molecule has 5 heteroatoms. The van der Waals surface area contributed by atoms with Crippen LogP contribution >= 0.6 is 0 Å². The topological polar surface area (TPSA) is 61.7 Å². The number of hydrazone groups is 1. The fourth-order valence-electron chi connectivity index (χ4n) is 4.00. The van der Waals surface area contributed by atoms with Crippen molar-refractivity contribution in [1.29, 1.82) is 0 Å². The first-order valence-electron chi connectivity index (χ1n) is 10.1. The van der Waals surface area contributed by atoms with Gasteiger partial charge in [0.05, 0.1) is 11.8 Å². The highest BCUT2D eigenvalue weighted by molar-refractivity contribution is 6.01. The highest BCUT2D eigenvalue weighted by Gasteiger charge is 2.35. The number of aliphatic hydroxyl groups excluding tert-OH is 1. The van der Waals surface area contributed by atoms with Crippen LogP contribution < -0.4 is 5.43 Å². The summed E-state index contributed by atoms with van der Waals surface area (Å²) in [7, 11) is 0. The molecule has 0 saturated heterocycles. The maximum atomic E-state index is 13.7. The lowest BCUT2D eigenvalue weighted by atomic mass is 9.72. The summed E-state index contributed by atoms with van der Waals surface area (Å²) in [6, 6.07) is 13.9. The second kappa shape index (κ2) is 9.50. The van der Waals surface area contributed by atoms with Crippen molar-refractivity contribution < 1.29 is 14.3 Å². The zero-order valence-corrected chi connectivity index (χ0v) is 16.9. The van der Waals surface area contributed by atoms with Gasteiger partial charge in [-0.15, -0.1) is 0 Å². The predicted molar refractivity (Wildman–Crippen MR) is 114 cm³/mol. The third kappa shape index (κ3) is 4.56. The Morgan fingerprint density at radius 3 is 2.66 bits per heavy atom. The Balaban J connectivity index is 1.84. The smallest absolute Gasteiger partial charge is 0.271 e. The van der Waals surface area contributed by atoms with Crippen LogP contribution in [0.3, 0.4) is 0 Å². The number of hydrogen-bond donors (Lipinski definition) is 2. The molecule has 2 N–H and O–H groups in total. The molecule has 2 atom stereocenters. The van der Waals surface area contributed by atoms with Crippen molar-refractivity contribution in [3.05, 3.63) is 76.6 Å². The molecule has 3 rings (SSSR count). The van der Waals surface area contributed by atoms with E-state index in [4.69, 9.17) is 0 Å². The predicted octanol–water partition coefficient (Wildman–Crippen LogP) is 5.56. The molecule has 0 fully saturated rings. The van der Waals surface area contributed by atoms with Gasteiger partial charge < -0.3 is 5.11 Å². The van der Waals surface area contributed by atoms with Gasteiger partial charge in [-0.1, -0.05) is 75.6 Å². The van der Waals surface area contributed by atoms with Crippen LogP contribution in [0, 0.1) is 11.7 Å². The molecule has 4 nitrogen and oxygen atoms in total. The largest absolute Gasteiger partial charge is 0.507 e. The van der Waals surface area contributed by atoms with Gasteiger partial charge in [0, 0.05) is 11.1 Å². The van der Waals surface area contributed by atoms with Crippen molar-refractivity contribution in [3.63, 3.8) is 0 Å². The molecule has 0 unspecified atom stereocenters. The summed E-state index contributed by atoms with van der Waals surface area (Å²) in [5, 5.41) is 14.7. The van der Waals surface area contributed by atoms with E-state index < -0.39 is 11.7 Å². The quantitative estimate of drug-likeness (QED) is 0.367. The van der Waals surface area contributed by atoms with Crippen LogP contribution in [0.1, 0.15) is 62.1 Å². The van der Waals surface area contributed by atoms with Crippen LogP contribution in [-0.4, -0.2) is 17.2 Å². The molecule has 0 bridgehead atoms. The van der Waals surface area contributed by atoms with Crippen molar-refractivity contribution in [2.45, 2.75) is 45.4 Å². The Morgan fingerprint density at radius 1 is 1.17 bits per heavy atom. The third-order valence-electron chi connectivity index (χ3n) is 5.57. The normalized spacial score (nSPS) is 18.7. The second-order valence-corrected chi connectivity index (χ2v) is 7.46. The maximum Gasteiger partial charge on any atom is 0.271 e. The highest BCUT2D eigenvalue weighted by atomic mass is 19.1. The van der Waals surface area contributed by atoms with Gasteiger partial charge in [0.15, 0.2) is 0 Å². The fraction of sp³-hybridized carbons (Fsp3) is 0.333. The van der Waals surface area contributed by atoms with Gasteiger partial charge in [-0.2, -0.15) is 5.10 Å². The molecule has 0 aromatic heterocycles. The summed E-state index contributed by atoms with van der Waals surface area (Å²) in [6.07, 6.45) is 5.55. The van der Waals surface area contributed by atoms with E-state index in [1.807, 2.05) is 31.2 Å². The van der Waals surface area contributed by atoms with E-state index in [0.717, 1.165) is 31.2 Å². The van der Waals surface area contributed by atoms with Crippen molar-refractivity contribution in [1.82, 2.24) is 5.43 Å². The average molecular weight is 394 g/mol. The molecular weight excluding hydrogens is 367 g/mol. The fourth-order valence-corrected chi connectivity index (χ4v) is 4.00. The summed E-state index contributed by atoms with van der Waals surface area (Å²) >= 11 is 0. The molecular formula is C24H27FN2O2. The summed E-state index contributed by atoms with van der Waals surface area (Å²) in [5.74, 6) is -0.866. The number of halogens is 1. The van der Waals surface area contributed by atoms with Crippen LogP contribution in [-0.2, 0) is 4.79 Å². The summed E-state index contributed by atoms with van der Waals surface area (Å²) < 4.78 is 13.7. The van der Waals surface area contributed by atoms with E-state index in [9.17, 15) is 14.3 Å². The molecule has 0 radical (unpaired) electrons. The summed E-state index contributed by atoms with van der Waals surface area (Å²) in [5.41, 5.74) is 4.85. The molecule has 152 valence electrons. The lowest BCUT2D eigenvalue weighted by Crippen LogP contribution is -2.30. The minimum absolute atomic E-state index is 0.00145. The zero-order valence-electron chi connectivity index (χ0n) is 16.9. The highest BCUT2D eigenvalue weighted by Crippen LogP contribution is 2.44. The number of carbonyl (C=O) groups is 1. The molecule has 1 amide bonds. The maximum absolute atomic E-state index is 13.7. The second-order valence-electron chi connectivity index (χ2n) is 7.46. The van der Waals surface area contributed by atoms with E-state index in [1.165, 1.54) is 12.3 Å². The van der Waals surface area contributed by atoms with Crippen molar-refractivity contribution in [3.8, 4) is 0 Å². The number of rotatable bonds is 7. The molecule has 0 aliphatic heterocycles. The summed E-state index contributed by atoms with van der Waals surface area (Å²) in [6.45, 7) is 4.13. The Bertz CT molecular complexity index is 936. The van der Waals surface area contributed by atoms with E-state index in [0.29, 0.717) is 11.1 Å². The van der Waals surface area contributed by atoms with E-state index >= 15 is 0 Å². The van der Waals surface area contributed by atoms with Gasteiger partial charge in [-0.25, -0.2) is 9.82 Å². The molecule has 0 spiro atoms. The molecule has 1 aliphatic carbocycles. The number of hydrogen-bond acceptors (Lipinski definition) is 3. The van der Waals surface area contributed by atoms with Crippen molar-refractivity contribution in [2.75, 3.05) is 0 Å². The Labute approximate surface area is 171 Å². The molecule has 29 heavy (non-hydrogen) atoms. The van der Waals surface area contributed by atoms with E-state index in [-0.39, 0.29) is 23.2 Å². The van der Waals surface area contributed by atoms with Crippen LogP contribution in [0.4, 0.5) is 4.39 Å². The molecule has 0 saturated carbocycles. The number of nitrogens with zero attached hydrogens (tertiary/aromatic N) is 1. The number of unbranched alkanes of at least 4 members (excludes halogenated alkanes) is 2. The van der Waals surface area contributed by atoms with Gasteiger partial charge in [-0.3, -0.25) is 4.79 Å². The van der Waals surface area contributed by atoms with Gasteiger partial charge >= 0.3 is 0 Å². The minimum Gasteiger partial charge on any atom is -0.507 e. The SMILES string of the molecule is CCCCC[C@H]1c2ccccc2C(O)=C(C(=O)N/N=C\c2ccccc2F)[C@@H]1C. The number of fused-ring (bicyclic) bond motifs is 1. The van der Waals surface area contributed by atoms with Crippen LogP contribution in [0.2, 0.25) is 0 Å². The van der Waals surface area contributed by atoms with Crippen LogP contribution in [0.5, 0.6) is 0 Å². The number of aliphatic hydroxyl groups is 1. The lowest BCUT2D eigenvalue weighted by Gasteiger charge is -2.32. The molecule has 0 heterocycles.